The zero-order chi connectivity index (χ0) is 16.4. The van der Waals surface area contributed by atoms with Crippen molar-refractivity contribution in [2.24, 2.45) is 0 Å². The van der Waals surface area contributed by atoms with Crippen LogP contribution in [0.5, 0.6) is 11.5 Å². The summed E-state index contributed by atoms with van der Waals surface area (Å²) < 4.78 is 11.6. The van der Waals surface area contributed by atoms with Gasteiger partial charge in [0.15, 0.2) is 17.3 Å². The van der Waals surface area contributed by atoms with E-state index in [9.17, 15) is 5.21 Å². The zero-order valence-electron chi connectivity index (χ0n) is 13.1. The van der Waals surface area contributed by atoms with Gasteiger partial charge in [0.2, 0.25) is 0 Å². The summed E-state index contributed by atoms with van der Waals surface area (Å²) in [6.07, 6.45) is 1.70. The third-order valence-corrected chi connectivity index (χ3v) is 3.63. The molecule has 3 aromatic rings. The predicted molar refractivity (Wildman–Crippen MR) is 85.9 cm³/mol. The Morgan fingerprint density at radius 3 is 2.48 bits per heavy atom. The Morgan fingerprint density at radius 2 is 1.83 bits per heavy atom. The number of methoxy groups -OCH3 is 2. The Labute approximate surface area is 133 Å². The molecule has 1 N–H and O–H groups in total. The van der Waals surface area contributed by atoms with Crippen molar-refractivity contribution in [2.45, 2.75) is 6.92 Å². The van der Waals surface area contributed by atoms with Crippen molar-refractivity contribution in [1.29, 1.82) is 0 Å². The molecule has 23 heavy (non-hydrogen) atoms. The van der Waals surface area contributed by atoms with Crippen molar-refractivity contribution < 1.29 is 14.7 Å². The van der Waals surface area contributed by atoms with Gasteiger partial charge in [0.05, 0.1) is 25.6 Å². The number of ether oxygens (including phenoxy) is 2. The SMILES string of the molecule is COc1ccc(-c2nc(-c3ccccn3)c(C)n2O)cc1OC. The molecule has 0 aliphatic rings. The molecule has 0 saturated heterocycles. The molecule has 0 amide bonds. The fourth-order valence-corrected chi connectivity index (χ4v) is 2.40. The minimum atomic E-state index is 0.420. The van der Waals surface area contributed by atoms with E-state index < -0.39 is 0 Å². The van der Waals surface area contributed by atoms with Crippen molar-refractivity contribution in [3.63, 3.8) is 0 Å². The summed E-state index contributed by atoms with van der Waals surface area (Å²) in [5.74, 6) is 1.61. The third kappa shape index (κ3) is 2.59. The maximum absolute atomic E-state index is 10.4. The van der Waals surface area contributed by atoms with Gasteiger partial charge in [0.25, 0.3) is 0 Å². The van der Waals surface area contributed by atoms with Gasteiger partial charge in [-0.25, -0.2) is 4.98 Å². The van der Waals surface area contributed by atoms with Crippen LogP contribution in [0.3, 0.4) is 0 Å². The first-order valence-electron chi connectivity index (χ1n) is 7.08. The van der Waals surface area contributed by atoms with Crippen LogP contribution in [0.15, 0.2) is 42.6 Å². The van der Waals surface area contributed by atoms with Gasteiger partial charge in [0, 0.05) is 11.8 Å². The minimum absolute atomic E-state index is 0.420. The standard InChI is InChI=1S/C17H17N3O3/c1-11-16(13-6-4-5-9-18-13)19-17(20(11)21)12-7-8-14(22-2)15(10-12)23-3/h4-10,21H,1-3H3. The molecule has 2 heterocycles. The number of hydrogen-bond donors (Lipinski definition) is 1. The molecule has 2 aromatic heterocycles. The molecule has 0 bridgehead atoms. The van der Waals surface area contributed by atoms with Gasteiger partial charge < -0.3 is 14.7 Å². The van der Waals surface area contributed by atoms with E-state index >= 15 is 0 Å². The molecule has 0 aliphatic heterocycles. The fourth-order valence-electron chi connectivity index (χ4n) is 2.40. The van der Waals surface area contributed by atoms with E-state index in [-0.39, 0.29) is 0 Å². The number of aromatic nitrogens is 3. The summed E-state index contributed by atoms with van der Waals surface area (Å²) in [5.41, 5.74) is 2.68. The summed E-state index contributed by atoms with van der Waals surface area (Å²) in [6, 6.07) is 10.9. The molecule has 6 heteroatoms. The molecule has 3 rings (SSSR count). The first-order chi connectivity index (χ1) is 11.2. The van der Waals surface area contributed by atoms with Gasteiger partial charge in [-0.1, -0.05) is 6.07 Å². The van der Waals surface area contributed by atoms with Gasteiger partial charge in [-0.05, 0) is 37.3 Å². The van der Waals surface area contributed by atoms with E-state index in [1.807, 2.05) is 24.3 Å². The van der Waals surface area contributed by atoms with E-state index in [1.165, 1.54) is 0 Å². The minimum Gasteiger partial charge on any atom is -0.493 e. The summed E-state index contributed by atoms with van der Waals surface area (Å²) in [4.78, 5) is 8.82. The molecule has 0 unspecified atom stereocenters. The lowest BCUT2D eigenvalue weighted by molar-refractivity contribution is 0.184. The maximum atomic E-state index is 10.4. The molecule has 0 fully saturated rings. The van der Waals surface area contributed by atoms with Crippen molar-refractivity contribution in [3.8, 4) is 34.3 Å². The van der Waals surface area contributed by atoms with Crippen LogP contribution in [0.1, 0.15) is 5.69 Å². The number of pyridine rings is 1. The lowest BCUT2D eigenvalue weighted by Crippen LogP contribution is -1.97. The Bertz CT molecular complexity index is 829. The number of rotatable bonds is 4. The van der Waals surface area contributed by atoms with Gasteiger partial charge in [-0.3, -0.25) is 4.98 Å². The first-order valence-corrected chi connectivity index (χ1v) is 7.08. The molecule has 0 atom stereocenters. The summed E-state index contributed by atoms with van der Waals surface area (Å²) in [7, 11) is 3.14. The summed E-state index contributed by atoms with van der Waals surface area (Å²) in [6.45, 7) is 1.79. The van der Waals surface area contributed by atoms with Crippen molar-refractivity contribution in [2.75, 3.05) is 14.2 Å². The zero-order valence-corrected chi connectivity index (χ0v) is 13.1. The highest BCUT2D eigenvalue weighted by Crippen LogP contribution is 2.33. The highest BCUT2D eigenvalue weighted by Gasteiger charge is 2.18. The number of nitrogens with zero attached hydrogens (tertiary/aromatic N) is 3. The molecule has 6 nitrogen and oxygen atoms in total. The van der Waals surface area contributed by atoms with Crippen LogP contribution in [-0.4, -0.2) is 34.1 Å². The van der Waals surface area contributed by atoms with Crippen LogP contribution in [0.25, 0.3) is 22.8 Å². The third-order valence-electron chi connectivity index (χ3n) is 3.63. The second kappa shape index (κ2) is 6.00. The Kier molecular flexibility index (Phi) is 3.89. The lowest BCUT2D eigenvalue weighted by Gasteiger charge is -2.09. The van der Waals surface area contributed by atoms with Crippen LogP contribution in [0, 0.1) is 6.92 Å². The van der Waals surface area contributed by atoms with Gasteiger partial charge in [-0.2, -0.15) is 4.73 Å². The Hall–Kier alpha value is -3.02. The second-order valence-corrected chi connectivity index (χ2v) is 4.97. The predicted octanol–water partition coefficient (Wildman–Crippen LogP) is 3.18. The molecule has 0 radical (unpaired) electrons. The highest BCUT2D eigenvalue weighted by molar-refractivity contribution is 5.67. The average molecular weight is 311 g/mol. The average Bonchev–Trinajstić information content (AvgIpc) is 2.90. The largest absolute Gasteiger partial charge is 0.493 e. The quantitative estimate of drug-likeness (QED) is 0.749. The van der Waals surface area contributed by atoms with E-state index in [1.54, 1.807) is 39.5 Å². The van der Waals surface area contributed by atoms with Crippen LogP contribution >= 0.6 is 0 Å². The summed E-state index contributed by atoms with van der Waals surface area (Å²) >= 11 is 0. The second-order valence-electron chi connectivity index (χ2n) is 4.97. The van der Waals surface area contributed by atoms with E-state index in [4.69, 9.17) is 9.47 Å². The van der Waals surface area contributed by atoms with Crippen molar-refractivity contribution >= 4 is 0 Å². The Balaban J connectivity index is 2.11. The lowest BCUT2D eigenvalue weighted by atomic mass is 10.2. The molecular weight excluding hydrogens is 294 g/mol. The van der Waals surface area contributed by atoms with Crippen molar-refractivity contribution in [3.05, 3.63) is 48.3 Å². The van der Waals surface area contributed by atoms with Gasteiger partial charge in [-0.15, -0.1) is 0 Å². The summed E-state index contributed by atoms with van der Waals surface area (Å²) in [5, 5.41) is 10.4. The molecule has 0 aliphatic carbocycles. The van der Waals surface area contributed by atoms with Crippen LogP contribution in [0.2, 0.25) is 0 Å². The normalized spacial score (nSPS) is 10.6. The van der Waals surface area contributed by atoms with E-state index in [0.717, 1.165) is 10.3 Å². The fraction of sp³-hybridized carbons (Fsp3) is 0.176. The number of hydrogen-bond acceptors (Lipinski definition) is 5. The van der Waals surface area contributed by atoms with Crippen molar-refractivity contribution in [1.82, 2.24) is 14.7 Å². The molecule has 1 aromatic carbocycles. The number of imidazole rings is 1. The van der Waals surface area contributed by atoms with Gasteiger partial charge in [0.1, 0.15) is 5.69 Å². The maximum Gasteiger partial charge on any atom is 0.176 e. The molecule has 0 spiro atoms. The van der Waals surface area contributed by atoms with Crippen LogP contribution < -0.4 is 9.47 Å². The van der Waals surface area contributed by atoms with E-state index in [0.29, 0.717) is 34.4 Å². The molecule has 118 valence electrons. The van der Waals surface area contributed by atoms with Crippen LogP contribution in [-0.2, 0) is 0 Å². The highest BCUT2D eigenvalue weighted by atomic mass is 16.5. The first kappa shape index (κ1) is 14.9. The van der Waals surface area contributed by atoms with Crippen LogP contribution in [0.4, 0.5) is 0 Å². The number of benzene rings is 1. The molecule has 0 saturated carbocycles. The smallest absolute Gasteiger partial charge is 0.176 e. The monoisotopic (exact) mass is 311 g/mol. The molecular formula is C17H17N3O3. The van der Waals surface area contributed by atoms with E-state index in [2.05, 4.69) is 9.97 Å². The van der Waals surface area contributed by atoms with Gasteiger partial charge >= 0.3 is 0 Å². The Morgan fingerprint density at radius 1 is 1.04 bits per heavy atom. The topological polar surface area (TPSA) is 69.4 Å².